The summed E-state index contributed by atoms with van der Waals surface area (Å²) in [5, 5.41) is 4.38. The number of ether oxygens (including phenoxy) is 2. The zero-order valence-electron chi connectivity index (χ0n) is 12.4. The van der Waals surface area contributed by atoms with Crippen molar-refractivity contribution in [1.82, 2.24) is 9.78 Å². The predicted octanol–water partition coefficient (Wildman–Crippen LogP) is 3.78. The minimum absolute atomic E-state index is 0.330. The highest BCUT2D eigenvalue weighted by Crippen LogP contribution is 2.35. The first-order valence-electron chi connectivity index (χ1n) is 6.96. The summed E-state index contributed by atoms with van der Waals surface area (Å²) in [7, 11) is 0. The molecule has 4 nitrogen and oxygen atoms in total. The van der Waals surface area contributed by atoms with Crippen LogP contribution in [0.2, 0.25) is 0 Å². The van der Waals surface area contributed by atoms with Gasteiger partial charge in [0.25, 0.3) is 0 Å². The van der Waals surface area contributed by atoms with Gasteiger partial charge in [-0.3, -0.25) is 4.68 Å². The molecule has 0 atom stereocenters. The average molecular weight is 272 g/mol. The molecule has 0 bridgehead atoms. The first-order valence-corrected chi connectivity index (χ1v) is 6.96. The van der Waals surface area contributed by atoms with E-state index in [9.17, 15) is 0 Å². The van der Waals surface area contributed by atoms with Crippen LogP contribution in [0, 0.1) is 0 Å². The number of nitrogens with zero attached hydrogens (tertiary/aromatic N) is 2. The van der Waals surface area contributed by atoms with Gasteiger partial charge in [0.2, 0.25) is 5.79 Å². The van der Waals surface area contributed by atoms with Gasteiger partial charge in [0.1, 0.15) is 5.75 Å². The Bertz CT molecular complexity index is 629. The zero-order chi connectivity index (χ0) is 14.3. The molecule has 2 aromatic rings. The van der Waals surface area contributed by atoms with E-state index in [1.165, 1.54) is 0 Å². The lowest BCUT2D eigenvalue weighted by Gasteiger charge is -2.32. The van der Waals surface area contributed by atoms with Crippen LogP contribution in [0.5, 0.6) is 5.75 Å². The minimum Gasteiger partial charge on any atom is -0.463 e. The van der Waals surface area contributed by atoms with Gasteiger partial charge in [-0.25, -0.2) is 0 Å². The Morgan fingerprint density at radius 3 is 2.80 bits per heavy atom. The molecule has 0 radical (unpaired) electrons. The van der Waals surface area contributed by atoms with Crippen molar-refractivity contribution in [1.29, 1.82) is 0 Å². The molecular formula is C16H20N2O2. The van der Waals surface area contributed by atoms with Gasteiger partial charge in [0.05, 0.1) is 12.3 Å². The fraction of sp³-hybridized carbons (Fsp3) is 0.438. The maximum absolute atomic E-state index is 5.91. The van der Waals surface area contributed by atoms with E-state index in [1.807, 2.05) is 30.8 Å². The summed E-state index contributed by atoms with van der Waals surface area (Å²) in [6, 6.07) is 8.61. The predicted molar refractivity (Wildman–Crippen MR) is 77.5 cm³/mol. The molecule has 106 valence electrons. The molecule has 0 saturated carbocycles. The molecule has 1 aliphatic heterocycles. The van der Waals surface area contributed by atoms with Gasteiger partial charge in [-0.15, -0.1) is 0 Å². The van der Waals surface area contributed by atoms with Gasteiger partial charge in [-0.05, 0) is 26.0 Å². The lowest BCUT2D eigenvalue weighted by atomic mass is 10.1. The van der Waals surface area contributed by atoms with Crippen molar-refractivity contribution in [3.8, 4) is 17.0 Å². The molecule has 0 N–H and O–H groups in total. The largest absolute Gasteiger partial charge is 0.463 e. The van der Waals surface area contributed by atoms with Crippen molar-refractivity contribution in [2.45, 2.75) is 46.1 Å². The molecule has 4 heteroatoms. The van der Waals surface area contributed by atoms with E-state index in [2.05, 4.69) is 37.1 Å². The molecule has 0 saturated heterocycles. The second-order valence-electron chi connectivity index (χ2n) is 5.87. The van der Waals surface area contributed by atoms with Crippen molar-refractivity contribution in [2.75, 3.05) is 0 Å². The Kier molecular flexibility index (Phi) is 3.05. The first-order chi connectivity index (χ1) is 9.46. The number of aromatic nitrogens is 2. The second kappa shape index (κ2) is 4.63. The van der Waals surface area contributed by atoms with Crippen LogP contribution in [0.25, 0.3) is 11.3 Å². The van der Waals surface area contributed by atoms with E-state index in [1.54, 1.807) is 0 Å². The monoisotopic (exact) mass is 272 g/mol. The van der Waals surface area contributed by atoms with Crippen molar-refractivity contribution >= 4 is 0 Å². The van der Waals surface area contributed by atoms with E-state index in [0.717, 1.165) is 22.6 Å². The standard InChI is InChI=1S/C16H20N2O2/c1-11(2)18-14(7-8-17-18)12-5-6-13-10-19-16(3,4)20-15(13)9-12/h5-9,11H,10H2,1-4H3. The van der Waals surface area contributed by atoms with Crippen LogP contribution >= 0.6 is 0 Å². The van der Waals surface area contributed by atoms with E-state index >= 15 is 0 Å². The van der Waals surface area contributed by atoms with E-state index in [4.69, 9.17) is 9.47 Å². The molecule has 0 amide bonds. The van der Waals surface area contributed by atoms with Gasteiger partial charge in [-0.2, -0.15) is 5.10 Å². The number of hydrogen-bond donors (Lipinski definition) is 0. The number of fused-ring (bicyclic) bond motifs is 1. The average Bonchev–Trinajstić information content (AvgIpc) is 2.86. The Hall–Kier alpha value is -1.81. The van der Waals surface area contributed by atoms with Crippen LogP contribution in [0.1, 0.15) is 39.3 Å². The summed E-state index contributed by atoms with van der Waals surface area (Å²) in [6.07, 6.45) is 1.84. The summed E-state index contributed by atoms with van der Waals surface area (Å²) >= 11 is 0. The minimum atomic E-state index is -0.566. The zero-order valence-corrected chi connectivity index (χ0v) is 12.4. The molecule has 2 heterocycles. The maximum atomic E-state index is 5.91. The van der Waals surface area contributed by atoms with E-state index in [0.29, 0.717) is 12.6 Å². The number of benzene rings is 1. The molecule has 0 spiro atoms. The highest BCUT2D eigenvalue weighted by atomic mass is 16.7. The van der Waals surface area contributed by atoms with Crippen molar-refractivity contribution in [3.05, 3.63) is 36.0 Å². The van der Waals surface area contributed by atoms with Gasteiger partial charge < -0.3 is 9.47 Å². The van der Waals surface area contributed by atoms with Crippen LogP contribution in [0.15, 0.2) is 30.5 Å². The molecule has 1 aromatic carbocycles. The highest BCUT2D eigenvalue weighted by Gasteiger charge is 2.27. The van der Waals surface area contributed by atoms with Gasteiger partial charge >= 0.3 is 0 Å². The summed E-state index contributed by atoms with van der Waals surface area (Å²) in [4.78, 5) is 0. The topological polar surface area (TPSA) is 36.3 Å². The van der Waals surface area contributed by atoms with E-state index < -0.39 is 5.79 Å². The third-order valence-electron chi connectivity index (χ3n) is 3.45. The molecule has 3 rings (SSSR count). The lowest BCUT2D eigenvalue weighted by molar-refractivity contribution is -0.180. The van der Waals surface area contributed by atoms with Crippen LogP contribution < -0.4 is 4.74 Å². The van der Waals surface area contributed by atoms with Crippen molar-refractivity contribution in [3.63, 3.8) is 0 Å². The Labute approximate surface area is 119 Å². The van der Waals surface area contributed by atoms with Gasteiger partial charge in [0.15, 0.2) is 0 Å². The van der Waals surface area contributed by atoms with Crippen LogP contribution in [0.3, 0.4) is 0 Å². The van der Waals surface area contributed by atoms with Gasteiger partial charge in [-0.1, -0.05) is 12.1 Å². The van der Waals surface area contributed by atoms with Crippen molar-refractivity contribution in [2.24, 2.45) is 0 Å². The van der Waals surface area contributed by atoms with Gasteiger partial charge in [0, 0.05) is 37.2 Å². The third-order valence-corrected chi connectivity index (χ3v) is 3.45. The lowest BCUT2D eigenvalue weighted by Crippen LogP contribution is -2.35. The summed E-state index contributed by atoms with van der Waals surface area (Å²) in [6.45, 7) is 8.71. The fourth-order valence-electron chi connectivity index (χ4n) is 2.43. The Morgan fingerprint density at radius 1 is 1.25 bits per heavy atom. The van der Waals surface area contributed by atoms with Crippen LogP contribution in [0.4, 0.5) is 0 Å². The smallest absolute Gasteiger partial charge is 0.205 e. The quantitative estimate of drug-likeness (QED) is 0.834. The fourth-order valence-corrected chi connectivity index (χ4v) is 2.43. The molecule has 1 aliphatic rings. The Balaban J connectivity index is 2.02. The molecule has 0 fully saturated rings. The summed E-state index contributed by atoms with van der Waals surface area (Å²) in [5.41, 5.74) is 3.31. The van der Waals surface area contributed by atoms with Crippen molar-refractivity contribution < 1.29 is 9.47 Å². The first kappa shape index (κ1) is 13.2. The molecule has 0 unspecified atom stereocenters. The van der Waals surface area contributed by atoms with E-state index in [-0.39, 0.29) is 0 Å². The van der Waals surface area contributed by atoms with Crippen LogP contribution in [-0.2, 0) is 11.3 Å². The van der Waals surface area contributed by atoms with Crippen LogP contribution in [-0.4, -0.2) is 15.6 Å². The Morgan fingerprint density at radius 2 is 2.05 bits per heavy atom. The number of hydrogen-bond acceptors (Lipinski definition) is 3. The second-order valence-corrected chi connectivity index (χ2v) is 5.87. The molecular weight excluding hydrogens is 252 g/mol. The highest BCUT2D eigenvalue weighted by molar-refractivity contribution is 5.63. The summed E-state index contributed by atoms with van der Waals surface area (Å²) < 4.78 is 13.6. The maximum Gasteiger partial charge on any atom is 0.205 e. The molecule has 1 aromatic heterocycles. The SMILES string of the molecule is CC(C)n1nccc1-c1ccc2c(c1)OC(C)(C)OC2. The third kappa shape index (κ3) is 2.31. The number of rotatable bonds is 2. The molecule has 0 aliphatic carbocycles. The summed E-state index contributed by atoms with van der Waals surface area (Å²) in [5.74, 6) is 0.333. The normalized spacial score (nSPS) is 16.9. The molecule has 20 heavy (non-hydrogen) atoms.